The zero-order valence-corrected chi connectivity index (χ0v) is 20.1. The van der Waals surface area contributed by atoms with Gasteiger partial charge in [-0.1, -0.05) is 62.9 Å². The van der Waals surface area contributed by atoms with Crippen LogP contribution in [0, 0.1) is 5.92 Å². The van der Waals surface area contributed by atoms with E-state index >= 15 is 0 Å². The van der Waals surface area contributed by atoms with Crippen LogP contribution in [0.5, 0.6) is 0 Å². The van der Waals surface area contributed by atoms with Gasteiger partial charge in [0.1, 0.15) is 6.54 Å². The monoisotopic (exact) mass is 504 g/mol. The van der Waals surface area contributed by atoms with E-state index in [-0.39, 0.29) is 16.5 Å². The molecule has 0 aliphatic carbocycles. The lowest BCUT2D eigenvalue weighted by atomic mass is 9.99. The fraction of sp³-hybridized carbons (Fsp3) is 0.435. The summed E-state index contributed by atoms with van der Waals surface area (Å²) >= 11 is 5.70. The molecule has 5 nitrogen and oxygen atoms in total. The second-order valence-corrected chi connectivity index (χ2v) is 9.98. The Morgan fingerprint density at radius 1 is 1.12 bits per heavy atom. The molecule has 0 bridgehead atoms. The smallest absolute Gasteiger partial charge is 0.354 e. The minimum atomic E-state index is -4.79. The van der Waals surface area contributed by atoms with Gasteiger partial charge in [0.15, 0.2) is 0 Å². The highest BCUT2D eigenvalue weighted by atomic mass is 35.5. The van der Waals surface area contributed by atoms with Crippen molar-refractivity contribution in [1.82, 2.24) is 5.32 Å². The summed E-state index contributed by atoms with van der Waals surface area (Å²) in [4.78, 5) is 12.5. The quantitative estimate of drug-likeness (QED) is 0.415. The summed E-state index contributed by atoms with van der Waals surface area (Å²) in [6, 6.07) is 10.0. The van der Waals surface area contributed by atoms with Gasteiger partial charge in [0.05, 0.1) is 21.2 Å². The topological polar surface area (TPSA) is 66.5 Å². The van der Waals surface area contributed by atoms with Crippen molar-refractivity contribution < 1.29 is 26.4 Å². The van der Waals surface area contributed by atoms with Gasteiger partial charge in [-0.05, 0) is 42.7 Å². The molecule has 0 aliphatic heterocycles. The maximum absolute atomic E-state index is 13.4. The molecule has 0 radical (unpaired) electrons. The minimum Gasteiger partial charge on any atom is -0.354 e. The summed E-state index contributed by atoms with van der Waals surface area (Å²) in [7, 11) is -4.32. The van der Waals surface area contributed by atoms with E-state index in [1.165, 1.54) is 24.3 Å². The van der Waals surface area contributed by atoms with Gasteiger partial charge in [0.2, 0.25) is 5.91 Å². The van der Waals surface area contributed by atoms with E-state index in [1.54, 1.807) is 6.07 Å². The first-order valence-electron chi connectivity index (χ1n) is 10.7. The summed E-state index contributed by atoms with van der Waals surface area (Å²) < 4.78 is 67.4. The number of nitrogens with one attached hydrogen (secondary N) is 1. The maximum atomic E-state index is 13.4. The van der Waals surface area contributed by atoms with Gasteiger partial charge in [0, 0.05) is 6.54 Å². The van der Waals surface area contributed by atoms with Gasteiger partial charge in [-0.15, -0.1) is 0 Å². The van der Waals surface area contributed by atoms with Gasteiger partial charge in [-0.2, -0.15) is 13.2 Å². The van der Waals surface area contributed by atoms with E-state index < -0.39 is 39.2 Å². The number of hydrogen-bond donors (Lipinski definition) is 1. The predicted octanol–water partition coefficient (Wildman–Crippen LogP) is 5.89. The molecule has 2 aromatic carbocycles. The van der Waals surface area contributed by atoms with Gasteiger partial charge in [-0.25, -0.2) is 8.42 Å². The van der Waals surface area contributed by atoms with Gasteiger partial charge in [-0.3, -0.25) is 9.10 Å². The molecule has 2 aromatic rings. The molecule has 10 heteroatoms. The molecule has 0 unspecified atom stereocenters. The Balaban J connectivity index is 2.38. The van der Waals surface area contributed by atoms with Crippen molar-refractivity contribution in [3.05, 3.63) is 59.1 Å². The molecule has 0 aromatic heterocycles. The van der Waals surface area contributed by atoms with E-state index in [9.17, 15) is 26.4 Å². The number of nitrogens with zero attached hydrogens (tertiary/aromatic N) is 1. The Morgan fingerprint density at radius 2 is 1.79 bits per heavy atom. The minimum absolute atomic E-state index is 0.143. The summed E-state index contributed by atoms with van der Waals surface area (Å²) in [6.45, 7) is 3.77. The average molecular weight is 505 g/mol. The molecule has 0 fully saturated rings. The van der Waals surface area contributed by atoms with E-state index in [4.69, 9.17) is 11.6 Å². The lowest BCUT2D eigenvalue weighted by molar-refractivity contribution is -0.137. The maximum Gasteiger partial charge on any atom is 0.417 e. The first kappa shape index (κ1) is 27.0. The number of alkyl halides is 3. The number of amides is 1. The van der Waals surface area contributed by atoms with Crippen LogP contribution in [0.2, 0.25) is 5.02 Å². The SMILES string of the molecule is CCCC[C@@H](CC)CNC(=O)CN(c1ccc(Cl)c(C(F)(F)F)c1)S(=O)(=O)c1ccccc1. The molecule has 182 valence electrons. The number of hydrogen-bond acceptors (Lipinski definition) is 3. The molecular formula is C23H28ClF3N2O3S. The molecule has 0 spiro atoms. The largest absolute Gasteiger partial charge is 0.417 e. The first-order valence-corrected chi connectivity index (χ1v) is 12.5. The standard InChI is InChI=1S/C23H28ClF3N2O3S/c1-3-5-9-17(4-2)15-28-22(30)16-29(33(31,32)19-10-7-6-8-11-19)18-12-13-21(24)20(14-18)23(25,26)27/h6-8,10-14,17H,3-5,9,15-16H2,1-2H3,(H,28,30)/t17-/m1/s1. The Labute approximate surface area is 198 Å². The van der Waals surface area contributed by atoms with Gasteiger partial charge in [0.25, 0.3) is 10.0 Å². The van der Waals surface area contributed by atoms with Crippen LogP contribution in [0.15, 0.2) is 53.4 Å². The van der Waals surface area contributed by atoms with Crippen LogP contribution in [-0.4, -0.2) is 27.4 Å². The summed E-state index contributed by atoms with van der Waals surface area (Å²) in [6.07, 6.45) is -0.992. The number of unbranched alkanes of at least 4 members (excludes halogenated alkanes) is 1. The van der Waals surface area contributed by atoms with Gasteiger partial charge >= 0.3 is 6.18 Å². The van der Waals surface area contributed by atoms with Gasteiger partial charge < -0.3 is 5.32 Å². The van der Waals surface area contributed by atoms with Crippen molar-refractivity contribution in [3.63, 3.8) is 0 Å². The highest BCUT2D eigenvalue weighted by Crippen LogP contribution is 2.38. The van der Waals surface area contributed by atoms with Crippen LogP contribution in [0.1, 0.15) is 45.1 Å². The number of carbonyl (C=O) groups is 1. The van der Waals surface area contributed by atoms with Crippen LogP contribution in [0.25, 0.3) is 0 Å². The first-order chi connectivity index (χ1) is 15.5. The van der Waals surface area contributed by atoms with Crippen molar-refractivity contribution in [2.45, 2.75) is 50.6 Å². The van der Waals surface area contributed by atoms with Crippen LogP contribution in [0.3, 0.4) is 0 Å². The Kier molecular flexibility index (Phi) is 9.60. The molecule has 1 amide bonds. The number of anilines is 1. The van der Waals surface area contributed by atoms with Crippen molar-refractivity contribution in [2.24, 2.45) is 5.92 Å². The van der Waals surface area contributed by atoms with Crippen molar-refractivity contribution in [3.8, 4) is 0 Å². The van der Waals surface area contributed by atoms with Crippen molar-refractivity contribution >= 4 is 33.2 Å². The number of sulfonamides is 1. The average Bonchev–Trinajstić information content (AvgIpc) is 2.78. The van der Waals surface area contributed by atoms with E-state index in [0.29, 0.717) is 16.9 Å². The molecule has 1 atom stereocenters. The molecule has 33 heavy (non-hydrogen) atoms. The van der Waals surface area contributed by atoms with E-state index in [1.807, 2.05) is 6.92 Å². The van der Waals surface area contributed by atoms with Crippen LogP contribution in [0.4, 0.5) is 18.9 Å². The Bertz CT molecular complexity index is 1030. The highest BCUT2D eigenvalue weighted by Gasteiger charge is 2.35. The number of carbonyl (C=O) groups excluding carboxylic acids is 1. The normalized spacial score (nSPS) is 12.9. The third-order valence-corrected chi connectivity index (χ3v) is 7.41. The second-order valence-electron chi connectivity index (χ2n) is 7.71. The molecule has 2 rings (SSSR count). The number of rotatable bonds is 11. The molecule has 0 saturated carbocycles. The predicted molar refractivity (Wildman–Crippen MR) is 124 cm³/mol. The van der Waals surface area contributed by atoms with E-state index in [0.717, 1.165) is 37.8 Å². The van der Waals surface area contributed by atoms with Crippen LogP contribution < -0.4 is 9.62 Å². The number of halogens is 4. The summed E-state index contributed by atoms with van der Waals surface area (Å²) in [5.41, 5.74) is -1.48. The zero-order valence-electron chi connectivity index (χ0n) is 18.5. The van der Waals surface area contributed by atoms with Crippen molar-refractivity contribution in [1.29, 1.82) is 0 Å². The Hall–Kier alpha value is -2.26. The number of benzene rings is 2. The highest BCUT2D eigenvalue weighted by molar-refractivity contribution is 7.92. The van der Waals surface area contributed by atoms with Crippen LogP contribution in [-0.2, 0) is 21.0 Å². The third kappa shape index (κ3) is 7.37. The lowest BCUT2D eigenvalue weighted by Crippen LogP contribution is -2.42. The lowest BCUT2D eigenvalue weighted by Gasteiger charge is -2.25. The summed E-state index contributed by atoms with van der Waals surface area (Å²) in [5.74, 6) is -0.367. The molecule has 0 heterocycles. The third-order valence-electron chi connectivity index (χ3n) is 5.29. The fourth-order valence-corrected chi connectivity index (χ4v) is 4.97. The molecule has 0 aliphatic rings. The van der Waals surface area contributed by atoms with Crippen LogP contribution >= 0.6 is 11.6 Å². The van der Waals surface area contributed by atoms with E-state index in [2.05, 4.69) is 12.2 Å². The molecule has 1 N–H and O–H groups in total. The summed E-state index contributed by atoms with van der Waals surface area (Å²) in [5, 5.41) is 2.17. The second kappa shape index (κ2) is 11.7. The zero-order chi connectivity index (χ0) is 24.6. The fourth-order valence-electron chi connectivity index (χ4n) is 3.31. The molecular weight excluding hydrogens is 477 g/mol. The van der Waals surface area contributed by atoms with Crippen molar-refractivity contribution in [2.75, 3.05) is 17.4 Å². The molecule has 0 saturated heterocycles. The Morgan fingerprint density at radius 3 is 2.36 bits per heavy atom.